The lowest BCUT2D eigenvalue weighted by Gasteiger charge is -2.10. The van der Waals surface area contributed by atoms with Gasteiger partial charge < -0.3 is 5.32 Å². The average Bonchev–Trinajstić information content (AvgIpc) is 2.96. The molecule has 3 aliphatic rings. The van der Waals surface area contributed by atoms with E-state index in [0.717, 1.165) is 11.8 Å². The molecule has 4 heteroatoms. The predicted octanol–water partition coefficient (Wildman–Crippen LogP) is 2.66. The van der Waals surface area contributed by atoms with Crippen molar-refractivity contribution < 1.29 is 4.79 Å². The molecule has 3 saturated carbocycles. The SMILES string of the molecule is N#Cc1ccc(NC(=O)C2C3C4CCC(C4)C23)cc1C#N. The number of benzene rings is 1. The van der Waals surface area contributed by atoms with Gasteiger partial charge in [0.25, 0.3) is 0 Å². The van der Waals surface area contributed by atoms with Crippen LogP contribution in [0.1, 0.15) is 30.4 Å². The third-order valence-electron chi connectivity index (χ3n) is 5.57. The smallest absolute Gasteiger partial charge is 0.228 e. The standard InChI is InChI=1S/C17H15N3O/c18-7-11-3-4-13(6-12(11)8-19)20-17(21)16-14-9-1-2-10(5-9)15(14)16/h3-4,6,9-10,14-16H,1-2,5H2,(H,20,21). The van der Waals surface area contributed by atoms with Crippen molar-refractivity contribution in [1.82, 2.24) is 0 Å². The van der Waals surface area contributed by atoms with Gasteiger partial charge >= 0.3 is 0 Å². The van der Waals surface area contributed by atoms with Crippen molar-refractivity contribution in [2.24, 2.45) is 29.6 Å². The molecule has 2 bridgehead atoms. The number of hydrogen-bond donors (Lipinski definition) is 1. The molecule has 1 aromatic rings. The van der Waals surface area contributed by atoms with Gasteiger partial charge in [-0.25, -0.2) is 0 Å². The van der Waals surface area contributed by atoms with E-state index in [-0.39, 0.29) is 11.8 Å². The summed E-state index contributed by atoms with van der Waals surface area (Å²) < 4.78 is 0. The van der Waals surface area contributed by atoms with Crippen LogP contribution in [0.25, 0.3) is 0 Å². The molecule has 1 N–H and O–H groups in total. The van der Waals surface area contributed by atoms with Gasteiger partial charge in [0, 0.05) is 11.6 Å². The van der Waals surface area contributed by atoms with Gasteiger partial charge in [0.05, 0.1) is 11.1 Å². The molecule has 0 aliphatic heterocycles. The van der Waals surface area contributed by atoms with Crippen LogP contribution in [0.2, 0.25) is 0 Å². The summed E-state index contributed by atoms with van der Waals surface area (Å²) in [7, 11) is 0. The van der Waals surface area contributed by atoms with E-state index in [0.29, 0.717) is 28.7 Å². The van der Waals surface area contributed by atoms with Gasteiger partial charge in [-0.1, -0.05) is 0 Å². The van der Waals surface area contributed by atoms with Gasteiger partial charge in [0.2, 0.25) is 5.91 Å². The van der Waals surface area contributed by atoms with Crippen LogP contribution in [0.5, 0.6) is 0 Å². The Kier molecular flexibility index (Phi) is 2.56. The van der Waals surface area contributed by atoms with Gasteiger partial charge in [-0.3, -0.25) is 4.79 Å². The highest BCUT2D eigenvalue weighted by Gasteiger charge is 2.67. The quantitative estimate of drug-likeness (QED) is 0.902. The van der Waals surface area contributed by atoms with E-state index in [1.165, 1.54) is 19.3 Å². The van der Waals surface area contributed by atoms with Crippen LogP contribution in [0.4, 0.5) is 5.69 Å². The Morgan fingerprint density at radius 3 is 2.38 bits per heavy atom. The number of fused-ring (bicyclic) bond motifs is 5. The monoisotopic (exact) mass is 277 g/mol. The lowest BCUT2D eigenvalue weighted by atomic mass is 10.0. The molecule has 3 fully saturated rings. The molecule has 4 unspecified atom stereocenters. The third kappa shape index (κ3) is 1.76. The van der Waals surface area contributed by atoms with Crippen LogP contribution in [-0.4, -0.2) is 5.91 Å². The molecule has 1 amide bonds. The first-order chi connectivity index (χ1) is 10.2. The minimum atomic E-state index is 0.0928. The number of nitrogens with one attached hydrogen (secondary N) is 1. The number of amides is 1. The minimum Gasteiger partial charge on any atom is -0.326 e. The van der Waals surface area contributed by atoms with E-state index < -0.39 is 0 Å². The predicted molar refractivity (Wildman–Crippen MR) is 75.8 cm³/mol. The number of carbonyl (C=O) groups is 1. The van der Waals surface area contributed by atoms with Gasteiger partial charge in [-0.05, 0) is 61.1 Å². The number of hydrogen-bond acceptors (Lipinski definition) is 3. The van der Waals surface area contributed by atoms with E-state index in [9.17, 15) is 4.79 Å². The summed E-state index contributed by atoms with van der Waals surface area (Å²) >= 11 is 0. The minimum absolute atomic E-state index is 0.0928. The molecule has 0 heterocycles. The van der Waals surface area contributed by atoms with Gasteiger partial charge in [-0.2, -0.15) is 10.5 Å². The van der Waals surface area contributed by atoms with E-state index >= 15 is 0 Å². The Morgan fingerprint density at radius 2 is 1.76 bits per heavy atom. The summed E-state index contributed by atoms with van der Waals surface area (Å²) in [5.74, 6) is 3.03. The molecule has 21 heavy (non-hydrogen) atoms. The maximum atomic E-state index is 12.4. The first kappa shape index (κ1) is 12.4. The average molecular weight is 277 g/mol. The first-order valence-corrected chi connectivity index (χ1v) is 7.48. The fourth-order valence-electron chi connectivity index (χ4n) is 4.71. The highest BCUT2D eigenvalue weighted by molar-refractivity contribution is 5.95. The zero-order valence-electron chi connectivity index (χ0n) is 11.5. The second-order valence-corrected chi connectivity index (χ2v) is 6.49. The van der Waals surface area contributed by atoms with Crippen molar-refractivity contribution in [3.05, 3.63) is 29.3 Å². The first-order valence-electron chi connectivity index (χ1n) is 7.48. The van der Waals surface area contributed by atoms with E-state index in [1.807, 2.05) is 12.1 Å². The molecule has 104 valence electrons. The molecule has 4 atom stereocenters. The molecular formula is C17H15N3O. The Hall–Kier alpha value is -2.33. The zero-order valence-corrected chi connectivity index (χ0v) is 11.5. The summed E-state index contributed by atoms with van der Waals surface area (Å²) in [6.45, 7) is 0. The van der Waals surface area contributed by atoms with E-state index in [2.05, 4.69) is 5.32 Å². The van der Waals surface area contributed by atoms with Gasteiger partial charge in [0.1, 0.15) is 12.1 Å². The molecule has 0 aromatic heterocycles. The molecule has 0 radical (unpaired) electrons. The Morgan fingerprint density at radius 1 is 1.10 bits per heavy atom. The number of carbonyl (C=O) groups excluding carboxylic acids is 1. The molecule has 0 spiro atoms. The van der Waals surface area contributed by atoms with Crippen LogP contribution >= 0.6 is 0 Å². The molecule has 4 rings (SSSR count). The second kappa shape index (κ2) is 4.33. The molecule has 4 nitrogen and oxygen atoms in total. The van der Waals surface area contributed by atoms with Crippen molar-refractivity contribution in [2.75, 3.05) is 5.32 Å². The van der Waals surface area contributed by atoms with E-state index in [4.69, 9.17) is 10.5 Å². The Balaban J connectivity index is 1.49. The topological polar surface area (TPSA) is 76.7 Å². The maximum Gasteiger partial charge on any atom is 0.228 e. The fraction of sp³-hybridized carbons (Fsp3) is 0.471. The number of nitrogens with zero attached hydrogens (tertiary/aromatic N) is 2. The van der Waals surface area contributed by atoms with Gasteiger partial charge in [0.15, 0.2) is 0 Å². The summed E-state index contributed by atoms with van der Waals surface area (Å²) in [6, 6.07) is 8.85. The van der Waals surface area contributed by atoms with Crippen molar-refractivity contribution in [3.63, 3.8) is 0 Å². The molecule has 1 aromatic carbocycles. The number of nitriles is 2. The summed E-state index contributed by atoms with van der Waals surface area (Å²) in [5, 5.41) is 20.9. The lowest BCUT2D eigenvalue weighted by Crippen LogP contribution is -2.18. The molecule has 3 aliphatic carbocycles. The molecular weight excluding hydrogens is 262 g/mol. The van der Waals surface area contributed by atoms with Crippen LogP contribution in [-0.2, 0) is 4.79 Å². The van der Waals surface area contributed by atoms with Crippen LogP contribution in [0, 0.1) is 52.3 Å². The second-order valence-electron chi connectivity index (χ2n) is 6.49. The largest absolute Gasteiger partial charge is 0.326 e. The normalized spacial score (nSPS) is 34.7. The highest BCUT2D eigenvalue weighted by atomic mass is 16.2. The van der Waals surface area contributed by atoms with Crippen LogP contribution in [0.15, 0.2) is 18.2 Å². The summed E-state index contributed by atoms with van der Waals surface area (Å²) in [4.78, 5) is 12.4. The maximum absolute atomic E-state index is 12.4. The molecule has 0 saturated heterocycles. The zero-order chi connectivity index (χ0) is 14.6. The van der Waals surface area contributed by atoms with Crippen molar-refractivity contribution in [3.8, 4) is 12.1 Å². The van der Waals surface area contributed by atoms with Crippen molar-refractivity contribution in [2.45, 2.75) is 19.3 Å². The number of anilines is 1. The highest BCUT2D eigenvalue weighted by Crippen LogP contribution is 2.69. The van der Waals surface area contributed by atoms with Crippen LogP contribution in [0.3, 0.4) is 0 Å². The third-order valence-corrected chi connectivity index (χ3v) is 5.57. The van der Waals surface area contributed by atoms with Crippen molar-refractivity contribution >= 4 is 11.6 Å². The van der Waals surface area contributed by atoms with Gasteiger partial charge in [-0.15, -0.1) is 0 Å². The number of rotatable bonds is 2. The Labute approximate surface area is 123 Å². The van der Waals surface area contributed by atoms with Crippen molar-refractivity contribution in [1.29, 1.82) is 10.5 Å². The Bertz CT molecular complexity index is 696. The fourth-order valence-corrected chi connectivity index (χ4v) is 4.71. The van der Waals surface area contributed by atoms with Crippen LogP contribution < -0.4 is 5.32 Å². The summed E-state index contributed by atoms with van der Waals surface area (Å²) in [6.07, 6.45) is 3.92. The lowest BCUT2D eigenvalue weighted by molar-refractivity contribution is -0.118. The summed E-state index contributed by atoms with van der Waals surface area (Å²) in [5.41, 5.74) is 1.27. The van der Waals surface area contributed by atoms with E-state index in [1.54, 1.807) is 18.2 Å².